The maximum Gasteiger partial charge on any atom is 0.270 e. The minimum atomic E-state index is -0.472. The molecule has 22 heavy (non-hydrogen) atoms. The van der Waals surface area contributed by atoms with Gasteiger partial charge in [0.1, 0.15) is 18.1 Å². The maximum atomic E-state index is 11.1. The van der Waals surface area contributed by atoms with Gasteiger partial charge >= 0.3 is 0 Å². The van der Waals surface area contributed by atoms with Crippen LogP contribution in [0.25, 0.3) is 11.3 Å². The molecule has 1 aromatic carbocycles. The summed E-state index contributed by atoms with van der Waals surface area (Å²) in [6, 6.07) is 9.40. The average Bonchev–Trinajstić information content (AvgIpc) is 2.96. The number of rotatable bonds is 6. The van der Waals surface area contributed by atoms with Crippen LogP contribution >= 0.6 is 0 Å². The quantitative estimate of drug-likeness (QED) is 0.498. The van der Waals surface area contributed by atoms with Gasteiger partial charge in [-0.15, -0.1) is 0 Å². The van der Waals surface area contributed by atoms with Crippen molar-refractivity contribution in [3.05, 3.63) is 52.3 Å². The van der Waals surface area contributed by atoms with E-state index in [1.54, 1.807) is 24.3 Å². The van der Waals surface area contributed by atoms with Gasteiger partial charge in [0, 0.05) is 24.8 Å². The first-order valence-electron chi connectivity index (χ1n) is 6.25. The number of hydrogen-bond donors (Lipinski definition) is 1. The van der Waals surface area contributed by atoms with E-state index in [1.165, 1.54) is 25.5 Å². The molecule has 2 aromatic rings. The standard InChI is InChI=1S/C14H13N3O5/c1-21-9-14(18)16-15-8-12-5-6-13(22-12)10-3-2-4-11(7-10)17(19)20/h2-8H,9H2,1H3,(H,16,18)/b15-8+. The zero-order chi connectivity index (χ0) is 15.9. The average molecular weight is 303 g/mol. The highest BCUT2D eigenvalue weighted by Crippen LogP contribution is 2.25. The van der Waals surface area contributed by atoms with Gasteiger partial charge in [0.15, 0.2) is 0 Å². The fraction of sp³-hybridized carbons (Fsp3) is 0.143. The number of nitrogens with zero attached hydrogens (tertiary/aromatic N) is 2. The fourth-order valence-corrected chi connectivity index (χ4v) is 1.68. The first kappa shape index (κ1) is 15.4. The Morgan fingerprint density at radius 1 is 1.45 bits per heavy atom. The summed E-state index contributed by atoms with van der Waals surface area (Å²) in [4.78, 5) is 21.4. The Labute approximate surface area is 125 Å². The summed E-state index contributed by atoms with van der Waals surface area (Å²) in [7, 11) is 1.40. The Balaban J connectivity index is 2.08. The molecule has 0 bridgehead atoms. The lowest BCUT2D eigenvalue weighted by molar-refractivity contribution is -0.384. The largest absolute Gasteiger partial charge is 0.455 e. The van der Waals surface area contributed by atoms with Crippen molar-refractivity contribution in [3.8, 4) is 11.3 Å². The lowest BCUT2D eigenvalue weighted by atomic mass is 10.1. The molecule has 0 aliphatic heterocycles. The molecule has 0 unspecified atom stereocenters. The number of carbonyl (C=O) groups excluding carboxylic acids is 1. The van der Waals surface area contributed by atoms with E-state index in [2.05, 4.69) is 15.3 Å². The lowest BCUT2D eigenvalue weighted by Crippen LogP contribution is -2.22. The molecule has 0 atom stereocenters. The molecule has 0 spiro atoms. The van der Waals surface area contributed by atoms with Crippen LogP contribution in [-0.2, 0) is 9.53 Å². The van der Waals surface area contributed by atoms with Gasteiger partial charge in [-0.05, 0) is 12.1 Å². The number of hydrogen-bond acceptors (Lipinski definition) is 6. The van der Waals surface area contributed by atoms with Crippen molar-refractivity contribution < 1.29 is 18.9 Å². The van der Waals surface area contributed by atoms with Crippen molar-refractivity contribution in [1.29, 1.82) is 0 Å². The topological polar surface area (TPSA) is 107 Å². The van der Waals surface area contributed by atoms with Crippen LogP contribution in [0.15, 0.2) is 45.9 Å². The first-order valence-corrected chi connectivity index (χ1v) is 6.25. The van der Waals surface area contributed by atoms with E-state index in [-0.39, 0.29) is 18.2 Å². The van der Waals surface area contributed by atoms with E-state index in [0.717, 1.165) is 0 Å². The Morgan fingerprint density at radius 2 is 2.27 bits per heavy atom. The highest BCUT2D eigenvalue weighted by molar-refractivity contribution is 5.81. The third kappa shape index (κ3) is 4.00. The van der Waals surface area contributed by atoms with Gasteiger partial charge < -0.3 is 9.15 Å². The number of nitro benzene ring substituents is 1. The second kappa shape index (κ2) is 7.14. The zero-order valence-corrected chi connectivity index (χ0v) is 11.7. The van der Waals surface area contributed by atoms with Gasteiger partial charge in [-0.2, -0.15) is 5.10 Å². The summed E-state index contributed by atoms with van der Waals surface area (Å²) in [6.07, 6.45) is 1.33. The first-order chi connectivity index (χ1) is 10.6. The van der Waals surface area contributed by atoms with Crippen LogP contribution in [0, 0.1) is 10.1 Å². The highest BCUT2D eigenvalue weighted by Gasteiger charge is 2.09. The van der Waals surface area contributed by atoms with Crippen LogP contribution < -0.4 is 5.43 Å². The highest BCUT2D eigenvalue weighted by atomic mass is 16.6. The van der Waals surface area contributed by atoms with Gasteiger partial charge in [-0.25, -0.2) is 5.43 Å². The van der Waals surface area contributed by atoms with Crippen molar-refractivity contribution in [2.24, 2.45) is 5.10 Å². The maximum absolute atomic E-state index is 11.1. The third-order valence-corrected chi connectivity index (χ3v) is 2.62. The number of nitro groups is 1. The van der Waals surface area contributed by atoms with Crippen LogP contribution in [0.5, 0.6) is 0 Å². The van der Waals surface area contributed by atoms with Crippen LogP contribution in [0.2, 0.25) is 0 Å². The van der Waals surface area contributed by atoms with Crippen LogP contribution in [0.4, 0.5) is 5.69 Å². The van der Waals surface area contributed by atoms with E-state index in [1.807, 2.05) is 0 Å². The Morgan fingerprint density at radius 3 is 3.00 bits per heavy atom. The number of hydrazone groups is 1. The molecule has 1 amide bonds. The van der Waals surface area contributed by atoms with Crippen molar-refractivity contribution in [1.82, 2.24) is 5.43 Å². The SMILES string of the molecule is COCC(=O)N/N=C/c1ccc(-c2cccc([N+](=O)[O-])c2)o1. The number of carbonyl (C=O) groups is 1. The van der Waals surface area contributed by atoms with E-state index in [4.69, 9.17) is 4.42 Å². The molecule has 0 saturated heterocycles. The van der Waals surface area contributed by atoms with E-state index in [0.29, 0.717) is 17.1 Å². The molecule has 0 aliphatic rings. The molecule has 1 heterocycles. The molecule has 0 radical (unpaired) electrons. The van der Waals surface area contributed by atoms with Gasteiger partial charge in [-0.3, -0.25) is 14.9 Å². The predicted octanol–water partition coefficient (Wildman–Crippen LogP) is 1.95. The molecule has 8 nitrogen and oxygen atoms in total. The number of nitrogens with one attached hydrogen (secondary N) is 1. The summed E-state index contributed by atoms with van der Waals surface area (Å²) in [6.45, 7) is -0.0889. The molecule has 1 aromatic heterocycles. The van der Waals surface area contributed by atoms with E-state index >= 15 is 0 Å². The Bertz CT molecular complexity index is 708. The van der Waals surface area contributed by atoms with Crippen molar-refractivity contribution in [2.45, 2.75) is 0 Å². The zero-order valence-electron chi connectivity index (χ0n) is 11.7. The molecule has 0 aliphatic carbocycles. The number of non-ortho nitro benzene ring substituents is 1. The molecular weight excluding hydrogens is 290 g/mol. The van der Waals surface area contributed by atoms with Crippen LogP contribution in [0.3, 0.4) is 0 Å². The monoisotopic (exact) mass is 303 g/mol. The molecule has 114 valence electrons. The Kier molecular flexibility index (Phi) is 4.99. The second-order valence-corrected chi connectivity index (χ2v) is 4.24. The van der Waals surface area contributed by atoms with Crippen LogP contribution in [0.1, 0.15) is 5.76 Å². The third-order valence-electron chi connectivity index (χ3n) is 2.62. The van der Waals surface area contributed by atoms with Crippen molar-refractivity contribution in [3.63, 3.8) is 0 Å². The number of methoxy groups -OCH3 is 1. The number of furan rings is 1. The summed E-state index contributed by atoms with van der Waals surface area (Å²) in [5.74, 6) is 0.483. The summed E-state index contributed by atoms with van der Waals surface area (Å²) in [5, 5.41) is 14.5. The molecule has 1 N–H and O–H groups in total. The normalized spacial score (nSPS) is 10.8. The predicted molar refractivity (Wildman–Crippen MR) is 78.4 cm³/mol. The second-order valence-electron chi connectivity index (χ2n) is 4.24. The number of benzene rings is 1. The van der Waals surface area contributed by atoms with Gasteiger partial charge in [0.2, 0.25) is 0 Å². The number of ether oxygens (including phenoxy) is 1. The van der Waals surface area contributed by atoms with Gasteiger partial charge in [-0.1, -0.05) is 12.1 Å². The van der Waals surface area contributed by atoms with Crippen molar-refractivity contribution in [2.75, 3.05) is 13.7 Å². The molecule has 0 saturated carbocycles. The minimum absolute atomic E-state index is 0.0176. The van der Waals surface area contributed by atoms with Crippen LogP contribution in [-0.4, -0.2) is 30.8 Å². The lowest BCUT2D eigenvalue weighted by Gasteiger charge is -1.97. The molecule has 8 heteroatoms. The van der Waals surface area contributed by atoms with E-state index < -0.39 is 4.92 Å². The molecule has 0 fully saturated rings. The summed E-state index contributed by atoms with van der Waals surface area (Å²) >= 11 is 0. The van der Waals surface area contributed by atoms with Crippen molar-refractivity contribution >= 4 is 17.8 Å². The fourth-order valence-electron chi connectivity index (χ4n) is 1.68. The van der Waals surface area contributed by atoms with Gasteiger partial charge in [0.25, 0.3) is 11.6 Å². The van der Waals surface area contributed by atoms with E-state index in [9.17, 15) is 14.9 Å². The molecular formula is C14H13N3O5. The summed E-state index contributed by atoms with van der Waals surface area (Å²) in [5.41, 5.74) is 2.82. The minimum Gasteiger partial charge on any atom is -0.455 e. The summed E-state index contributed by atoms with van der Waals surface area (Å²) < 4.78 is 10.1. The number of amides is 1. The molecule has 2 rings (SSSR count). The Hall–Kier alpha value is -3.00. The smallest absolute Gasteiger partial charge is 0.270 e. The van der Waals surface area contributed by atoms with Gasteiger partial charge in [0.05, 0.1) is 11.1 Å².